The molecule has 0 aromatic carbocycles. The maximum absolute atomic E-state index is 14.3. The Labute approximate surface area is 230 Å². The molecule has 12 atom stereocenters. The molecule has 6 fully saturated rings. The first-order valence-corrected chi connectivity index (χ1v) is 15.8. The van der Waals surface area contributed by atoms with E-state index in [4.69, 9.17) is 9.47 Å². The van der Waals surface area contributed by atoms with Gasteiger partial charge in [-0.05, 0) is 94.0 Å². The fourth-order valence-corrected chi connectivity index (χ4v) is 10.7. The molecule has 0 aromatic rings. The molecule has 1 spiro atoms. The molecule has 4 saturated carbocycles. The molecule has 1 N–H and O–H groups in total. The number of hydrogen-bond acceptors (Lipinski definition) is 5. The number of carbonyl (C=O) groups is 2. The maximum Gasteiger partial charge on any atom is 0.221 e. The van der Waals surface area contributed by atoms with Crippen LogP contribution >= 0.6 is 0 Å². The van der Waals surface area contributed by atoms with Crippen molar-refractivity contribution in [2.24, 2.45) is 52.3 Å². The van der Waals surface area contributed by atoms with Gasteiger partial charge in [-0.25, -0.2) is 0 Å². The summed E-state index contributed by atoms with van der Waals surface area (Å²) < 4.78 is 13.3. The van der Waals surface area contributed by atoms with Crippen LogP contribution in [0.2, 0.25) is 0 Å². The van der Waals surface area contributed by atoms with E-state index in [-0.39, 0.29) is 34.7 Å². The summed E-state index contributed by atoms with van der Waals surface area (Å²) in [6.45, 7) is 11.0. The lowest BCUT2D eigenvalue weighted by Crippen LogP contribution is -2.59. The number of fused-ring (bicyclic) bond motifs is 7. The van der Waals surface area contributed by atoms with E-state index in [0.29, 0.717) is 47.8 Å². The molecular weight excluding hydrogens is 476 g/mol. The lowest BCUT2D eigenvalue weighted by Gasteiger charge is -2.60. The van der Waals surface area contributed by atoms with Crippen LogP contribution in [-0.2, 0) is 19.1 Å². The van der Waals surface area contributed by atoms with Gasteiger partial charge in [0.2, 0.25) is 5.91 Å². The molecule has 0 bridgehead atoms. The van der Waals surface area contributed by atoms with E-state index in [1.807, 2.05) is 14.1 Å². The van der Waals surface area contributed by atoms with Gasteiger partial charge in [-0.1, -0.05) is 27.7 Å². The quantitative estimate of drug-likeness (QED) is 0.553. The van der Waals surface area contributed by atoms with Crippen LogP contribution in [0.1, 0.15) is 91.9 Å². The van der Waals surface area contributed by atoms with Crippen molar-refractivity contribution in [2.45, 2.75) is 110 Å². The Morgan fingerprint density at radius 2 is 1.84 bits per heavy atom. The molecule has 0 radical (unpaired) electrons. The Morgan fingerprint density at radius 3 is 2.55 bits per heavy atom. The SMILES string of the molecule is C[C@@H]1CC[C@@]2(OC1)O[C@H]1C[C@H]3[C@@H]4CC[C@H]5C[C@H](NC(=O)CCN(C)C)CC[C@]5(C)[C@H]4CC(=O)[C@]3(C)[C@H]1[C@@H]2C. The number of hydrogen-bond donors (Lipinski definition) is 1. The summed E-state index contributed by atoms with van der Waals surface area (Å²) in [5, 5.41) is 3.35. The number of nitrogens with zero attached hydrogens (tertiary/aromatic N) is 1. The van der Waals surface area contributed by atoms with Crippen molar-refractivity contribution >= 4 is 11.7 Å². The number of ketones is 1. The highest BCUT2D eigenvalue weighted by atomic mass is 16.7. The summed E-state index contributed by atoms with van der Waals surface area (Å²) in [6, 6.07) is 0.290. The first-order valence-electron chi connectivity index (χ1n) is 15.8. The minimum Gasteiger partial charge on any atom is -0.353 e. The molecule has 2 aliphatic heterocycles. The third-order valence-electron chi connectivity index (χ3n) is 13.0. The first kappa shape index (κ1) is 27.2. The normalized spacial score (nSPS) is 51.9. The van der Waals surface area contributed by atoms with E-state index in [9.17, 15) is 9.59 Å². The molecular formula is C32H52N2O4. The van der Waals surface area contributed by atoms with Gasteiger partial charge in [-0.3, -0.25) is 9.59 Å². The van der Waals surface area contributed by atoms with E-state index in [2.05, 4.69) is 37.9 Å². The number of ether oxygens (including phenoxy) is 2. The summed E-state index contributed by atoms with van der Waals surface area (Å²) in [6.07, 6.45) is 10.3. The summed E-state index contributed by atoms with van der Waals surface area (Å²) in [5.41, 5.74) is -0.0687. The third-order valence-corrected chi connectivity index (χ3v) is 13.0. The maximum atomic E-state index is 14.3. The fourth-order valence-electron chi connectivity index (χ4n) is 10.7. The fraction of sp³-hybridized carbons (Fsp3) is 0.938. The first-order chi connectivity index (χ1) is 18.0. The Hall–Kier alpha value is -0.980. The predicted molar refractivity (Wildman–Crippen MR) is 147 cm³/mol. The Balaban J connectivity index is 1.16. The Bertz CT molecular complexity index is 944. The number of amides is 1. The van der Waals surface area contributed by atoms with E-state index < -0.39 is 5.79 Å². The van der Waals surface area contributed by atoms with Crippen LogP contribution in [0.15, 0.2) is 0 Å². The second-order valence-corrected chi connectivity index (χ2v) is 15.1. The summed E-state index contributed by atoms with van der Waals surface area (Å²) in [7, 11) is 4.03. The average molecular weight is 529 g/mol. The smallest absolute Gasteiger partial charge is 0.221 e. The Kier molecular flexibility index (Phi) is 6.83. The lowest BCUT2D eigenvalue weighted by molar-refractivity contribution is -0.272. The topological polar surface area (TPSA) is 67.9 Å². The molecule has 0 aromatic heterocycles. The van der Waals surface area contributed by atoms with Crippen LogP contribution in [0.25, 0.3) is 0 Å². The van der Waals surface area contributed by atoms with Crippen LogP contribution in [-0.4, -0.2) is 61.8 Å². The van der Waals surface area contributed by atoms with Crippen molar-refractivity contribution in [3.05, 3.63) is 0 Å². The van der Waals surface area contributed by atoms with Gasteiger partial charge in [0.15, 0.2) is 5.79 Å². The minimum absolute atomic E-state index is 0.162. The highest BCUT2D eigenvalue weighted by molar-refractivity contribution is 5.87. The van der Waals surface area contributed by atoms with Crippen LogP contribution in [0, 0.1) is 52.3 Å². The number of rotatable bonds is 4. The minimum atomic E-state index is -0.466. The van der Waals surface area contributed by atoms with Gasteiger partial charge >= 0.3 is 0 Å². The van der Waals surface area contributed by atoms with E-state index in [1.54, 1.807) is 0 Å². The van der Waals surface area contributed by atoms with Gasteiger partial charge in [-0.15, -0.1) is 0 Å². The summed E-state index contributed by atoms with van der Waals surface area (Å²) in [5.74, 6) is 3.52. The van der Waals surface area contributed by atoms with Crippen molar-refractivity contribution in [3.8, 4) is 0 Å². The predicted octanol–water partition coefficient (Wildman–Crippen LogP) is 5.05. The highest BCUT2D eigenvalue weighted by Crippen LogP contribution is 2.70. The van der Waals surface area contributed by atoms with Crippen molar-refractivity contribution in [1.82, 2.24) is 10.2 Å². The summed E-state index contributed by atoms with van der Waals surface area (Å²) in [4.78, 5) is 28.9. The zero-order valence-corrected chi connectivity index (χ0v) is 24.8. The second-order valence-electron chi connectivity index (χ2n) is 15.1. The molecule has 4 aliphatic carbocycles. The molecule has 6 heteroatoms. The van der Waals surface area contributed by atoms with Crippen molar-refractivity contribution < 1.29 is 19.1 Å². The molecule has 2 heterocycles. The molecule has 1 amide bonds. The highest BCUT2D eigenvalue weighted by Gasteiger charge is 2.71. The van der Waals surface area contributed by atoms with Gasteiger partial charge < -0.3 is 19.7 Å². The second kappa shape index (κ2) is 9.55. The molecule has 6 aliphatic rings. The van der Waals surface area contributed by atoms with E-state index >= 15 is 0 Å². The Morgan fingerprint density at radius 1 is 1.05 bits per heavy atom. The van der Waals surface area contributed by atoms with Crippen LogP contribution < -0.4 is 5.32 Å². The molecule has 38 heavy (non-hydrogen) atoms. The molecule has 214 valence electrons. The van der Waals surface area contributed by atoms with E-state index in [1.165, 1.54) is 12.8 Å². The van der Waals surface area contributed by atoms with Crippen molar-refractivity contribution in [1.29, 1.82) is 0 Å². The monoisotopic (exact) mass is 528 g/mol. The van der Waals surface area contributed by atoms with E-state index in [0.717, 1.165) is 58.1 Å². The van der Waals surface area contributed by atoms with Crippen molar-refractivity contribution in [2.75, 3.05) is 27.2 Å². The zero-order valence-electron chi connectivity index (χ0n) is 24.8. The average Bonchev–Trinajstić information content (AvgIpc) is 3.32. The number of carbonyl (C=O) groups excluding carboxylic acids is 2. The number of nitrogens with one attached hydrogen (secondary N) is 1. The zero-order chi connectivity index (χ0) is 27.0. The van der Waals surface area contributed by atoms with Gasteiger partial charge in [0.1, 0.15) is 5.78 Å². The van der Waals surface area contributed by atoms with Gasteiger partial charge in [0, 0.05) is 49.1 Å². The summed E-state index contributed by atoms with van der Waals surface area (Å²) >= 11 is 0. The molecule has 6 rings (SSSR count). The largest absolute Gasteiger partial charge is 0.353 e. The van der Waals surface area contributed by atoms with Gasteiger partial charge in [-0.2, -0.15) is 0 Å². The molecule has 6 nitrogen and oxygen atoms in total. The lowest BCUT2D eigenvalue weighted by atomic mass is 9.44. The van der Waals surface area contributed by atoms with Gasteiger partial charge in [0.05, 0.1) is 12.7 Å². The van der Waals surface area contributed by atoms with Crippen LogP contribution in [0.4, 0.5) is 0 Å². The number of Topliss-reactive ketones (excluding diaryl/α,β-unsaturated/α-hetero) is 1. The molecule has 2 saturated heterocycles. The third kappa shape index (κ3) is 4.05. The van der Waals surface area contributed by atoms with Crippen molar-refractivity contribution in [3.63, 3.8) is 0 Å². The molecule has 0 unspecified atom stereocenters. The van der Waals surface area contributed by atoms with Gasteiger partial charge in [0.25, 0.3) is 0 Å². The van der Waals surface area contributed by atoms with Crippen LogP contribution in [0.5, 0.6) is 0 Å². The standard InChI is InChI=1S/C32H52N2O4/c1-19-9-13-32(37-18-19)20(2)29-26(38-32)16-25-23-8-7-21-15-22(33-28(36)11-14-34(5)6)10-12-30(21,3)24(23)17-27(35)31(25,29)4/h19-26,29H,7-18H2,1-6H3,(H,33,36)/t19-,20+,21+,22-,23-,24+,25+,26+,29+,30+,31-,32-/m1/s1. The van der Waals surface area contributed by atoms with Crippen LogP contribution in [0.3, 0.4) is 0 Å².